The van der Waals surface area contributed by atoms with Gasteiger partial charge in [-0.05, 0) is 50.9 Å². The van der Waals surface area contributed by atoms with Crippen molar-refractivity contribution >= 4 is 31.8 Å². The van der Waals surface area contributed by atoms with E-state index in [0.29, 0.717) is 11.5 Å². The lowest BCUT2D eigenvalue weighted by Crippen LogP contribution is -2.41. The van der Waals surface area contributed by atoms with E-state index >= 15 is 0 Å². The van der Waals surface area contributed by atoms with Crippen LogP contribution in [0.2, 0.25) is 0 Å². The van der Waals surface area contributed by atoms with Gasteiger partial charge in [-0.25, -0.2) is 4.79 Å². The summed E-state index contributed by atoms with van der Waals surface area (Å²) >= 11 is 4.37. The number of carboxylic acids is 1. The molecule has 2 rings (SSSR count). The summed E-state index contributed by atoms with van der Waals surface area (Å²) < 4.78 is 17.1. The van der Waals surface area contributed by atoms with E-state index in [0.717, 1.165) is 11.0 Å². The van der Waals surface area contributed by atoms with E-state index < -0.39 is 24.3 Å². The zero-order valence-corrected chi connectivity index (χ0v) is 15.5. The van der Waals surface area contributed by atoms with Crippen molar-refractivity contribution in [2.75, 3.05) is 12.9 Å². The van der Waals surface area contributed by atoms with E-state index in [1.54, 1.807) is 18.2 Å². The Bertz CT molecular complexity index is 653. The summed E-state index contributed by atoms with van der Waals surface area (Å²) in [4.78, 5) is 11.3. The molecule has 0 atom stereocenters. The zero-order chi connectivity index (χ0) is 18.1. The highest BCUT2D eigenvalue weighted by Crippen LogP contribution is 2.39. The number of benzene rings is 1. The molecule has 1 aromatic rings. The Hall–Kier alpha value is -1.44. The van der Waals surface area contributed by atoms with Crippen LogP contribution in [0.15, 0.2) is 23.7 Å². The smallest absolute Gasteiger partial charge is 0.491 e. The molecule has 1 aliphatic heterocycles. The third-order valence-electron chi connectivity index (χ3n) is 4.54. The van der Waals surface area contributed by atoms with Crippen LogP contribution in [0.3, 0.4) is 0 Å². The minimum absolute atomic E-state index is 0.110. The molecular formula is C17H23BO5S. The van der Waals surface area contributed by atoms with E-state index in [1.807, 2.05) is 33.8 Å². The second-order valence-electron chi connectivity index (χ2n) is 6.73. The molecule has 1 N–H and O–H groups in total. The Morgan fingerprint density at radius 1 is 1.29 bits per heavy atom. The Morgan fingerprint density at radius 3 is 2.33 bits per heavy atom. The third-order valence-corrected chi connectivity index (χ3v) is 4.91. The van der Waals surface area contributed by atoms with Crippen LogP contribution in [0.5, 0.6) is 5.75 Å². The monoisotopic (exact) mass is 350 g/mol. The van der Waals surface area contributed by atoms with Gasteiger partial charge < -0.3 is 19.2 Å². The number of thiol groups is 1. The normalized spacial score (nSPS) is 19.4. The molecule has 0 aromatic heterocycles. The Kier molecular flexibility index (Phi) is 5.37. The molecule has 0 spiro atoms. The fraction of sp³-hybridized carbons (Fsp3) is 0.471. The minimum Gasteiger partial charge on any atom is -0.496 e. The van der Waals surface area contributed by atoms with E-state index in [4.69, 9.17) is 14.0 Å². The Morgan fingerprint density at radius 2 is 1.88 bits per heavy atom. The van der Waals surface area contributed by atoms with Crippen molar-refractivity contribution in [3.8, 4) is 5.75 Å². The quantitative estimate of drug-likeness (QED) is 0.630. The van der Waals surface area contributed by atoms with Gasteiger partial charge in [0, 0.05) is 5.75 Å². The summed E-state index contributed by atoms with van der Waals surface area (Å²) in [6.45, 7) is 7.94. The van der Waals surface area contributed by atoms with Crippen LogP contribution in [-0.4, -0.2) is 42.3 Å². The van der Waals surface area contributed by atoms with Crippen LogP contribution in [0.25, 0.3) is 6.08 Å². The van der Waals surface area contributed by atoms with Crippen LogP contribution in [0, 0.1) is 0 Å². The van der Waals surface area contributed by atoms with Gasteiger partial charge in [0.1, 0.15) is 11.3 Å². The molecule has 130 valence electrons. The molecule has 1 heterocycles. The molecule has 0 saturated carbocycles. The van der Waals surface area contributed by atoms with Gasteiger partial charge in [0.25, 0.3) is 0 Å². The van der Waals surface area contributed by atoms with Crippen molar-refractivity contribution in [1.29, 1.82) is 0 Å². The lowest BCUT2D eigenvalue weighted by atomic mass is 9.78. The van der Waals surface area contributed by atoms with Gasteiger partial charge in [0.05, 0.1) is 18.3 Å². The first-order valence-electron chi connectivity index (χ1n) is 7.69. The zero-order valence-electron chi connectivity index (χ0n) is 14.6. The molecule has 7 heteroatoms. The molecule has 1 aliphatic rings. The molecule has 1 saturated heterocycles. The van der Waals surface area contributed by atoms with Crippen LogP contribution >= 0.6 is 12.6 Å². The Labute approximate surface area is 148 Å². The predicted molar refractivity (Wildman–Crippen MR) is 97.9 cm³/mol. The van der Waals surface area contributed by atoms with Gasteiger partial charge in [-0.1, -0.05) is 12.1 Å². The SMILES string of the molecule is COc1ccc(C=C(CS)B2OC(C)(C)C(C)(C)O2)cc1C(=O)O. The highest BCUT2D eigenvalue weighted by Gasteiger charge is 2.52. The molecule has 1 fully saturated rings. The molecule has 0 unspecified atom stereocenters. The van der Waals surface area contributed by atoms with E-state index in [2.05, 4.69) is 12.6 Å². The van der Waals surface area contributed by atoms with Gasteiger partial charge in [-0.2, -0.15) is 12.6 Å². The molecule has 0 amide bonds. The maximum atomic E-state index is 11.3. The van der Waals surface area contributed by atoms with E-state index in [-0.39, 0.29) is 5.56 Å². The van der Waals surface area contributed by atoms with Crippen molar-refractivity contribution < 1.29 is 23.9 Å². The van der Waals surface area contributed by atoms with Crippen LogP contribution in [-0.2, 0) is 9.31 Å². The minimum atomic E-state index is -1.04. The lowest BCUT2D eigenvalue weighted by molar-refractivity contribution is 0.00578. The molecule has 0 radical (unpaired) electrons. The molecule has 5 nitrogen and oxygen atoms in total. The first kappa shape index (κ1) is 18.9. The topological polar surface area (TPSA) is 65.0 Å². The number of hydrogen-bond donors (Lipinski definition) is 2. The Balaban J connectivity index is 2.35. The van der Waals surface area contributed by atoms with Crippen molar-refractivity contribution in [2.45, 2.75) is 38.9 Å². The number of methoxy groups -OCH3 is 1. The number of hydrogen-bond acceptors (Lipinski definition) is 5. The lowest BCUT2D eigenvalue weighted by Gasteiger charge is -2.32. The van der Waals surface area contributed by atoms with Crippen LogP contribution in [0.4, 0.5) is 0 Å². The fourth-order valence-electron chi connectivity index (χ4n) is 2.38. The third kappa shape index (κ3) is 3.63. The predicted octanol–water partition coefficient (Wildman–Crippen LogP) is 3.34. The van der Waals surface area contributed by atoms with Crippen LogP contribution < -0.4 is 4.74 Å². The maximum Gasteiger partial charge on any atom is 0.491 e. The largest absolute Gasteiger partial charge is 0.496 e. The second-order valence-corrected chi connectivity index (χ2v) is 7.05. The first-order chi connectivity index (χ1) is 11.1. The highest BCUT2D eigenvalue weighted by molar-refractivity contribution is 7.80. The van der Waals surface area contributed by atoms with Gasteiger partial charge >= 0.3 is 13.1 Å². The van der Waals surface area contributed by atoms with Crippen molar-refractivity contribution in [3.63, 3.8) is 0 Å². The number of carboxylic acid groups (broad SMARTS) is 1. The number of aromatic carboxylic acids is 1. The van der Waals surface area contributed by atoms with Crippen molar-refractivity contribution in [2.24, 2.45) is 0 Å². The standard InChI is InChI=1S/C17H23BO5S/c1-16(2)17(3,4)23-18(22-16)12(10-24)8-11-6-7-14(21-5)13(9-11)15(19)20/h6-9,24H,10H2,1-5H3,(H,19,20). The summed E-state index contributed by atoms with van der Waals surface area (Å²) in [5.74, 6) is -0.279. The average Bonchev–Trinajstić information content (AvgIpc) is 2.72. The number of ether oxygens (including phenoxy) is 1. The van der Waals surface area contributed by atoms with E-state index in [1.165, 1.54) is 7.11 Å². The van der Waals surface area contributed by atoms with E-state index in [9.17, 15) is 9.90 Å². The molecular weight excluding hydrogens is 327 g/mol. The highest BCUT2D eigenvalue weighted by atomic mass is 32.1. The first-order valence-corrected chi connectivity index (χ1v) is 8.33. The molecule has 0 aliphatic carbocycles. The molecule has 1 aromatic carbocycles. The number of rotatable bonds is 5. The van der Waals surface area contributed by atoms with Gasteiger partial charge in [0.15, 0.2) is 0 Å². The van der Waals surface area contributed by atoms with Gasteiger partial charge in [0.2, 0.25) is 0 Å². The summed E-state index contributed by atoms with van der Waals surface area (Å²) in [6.07, 6.45) is 1.85. The molecule has 24 heavy (non-hydrogen) atoms. The van der Waals surface area contributed by atoms with Crippen LogP contribution in [0.1, 0.15) is 43.6 Å². The van der Waals surface area contributed by atoms with Crippen molar-refractivity contribution in [3.05, 3.63) is 34.8 Å². The fourth-order valence-corrected chi connectivity index (χ4v) is 2.62. The average molecular weight is 350 g/mol. The van der Waals surface area contributed by atoms with Crippen molar-refractivity contribution in [1.82, 2.24) is 0 Å². The summed E-state index contributed by atoms with van der Waals surface area (Å²) in [7, 11) is 0.934. The van der Waals surface area contributed by atoms with Gasteiger partial charge in [-0.15, -0.1) is 0 Å². The molecule has 0 bridgehead atoms. The second kappa shape index (κ2) is 6.82. The van der Waals surface area contributed by atoms with Gasteiger partial charge in [-0.3, -0.25) is 0 Å². The maximum absolute atomic E-state index is 11.3. The summed E-state index contributed by atoms with van der Waals surface area (Å²) in [5.41, 5.74) is 0.793. The summed E-state index contributed by atoms with van der Waals surface area (Å²) in [6, 6.07) is 4.99. The summed E-state index contributed by atoms with van der Waals surface area (Å²) in [5, 5.41) is 9.30. The number of carbonyl (C=O) groups is 1.